The fourth-order valence-electron chi connectivity index (χ4n) is 3.32. The molecule has 1 atom stereocenters. The van der Waals surface area contributed by atoms with Gasteiger partial charge >= 0.3 is 0 Å². The lowest BCUT2D eigenvalue weighted by molar-refractivity contribution is 0.538. The normalized spacial score (nSPS) is 21.3. The van der Waals surface area contributed by atoms with E-state index in [-0.39, 0.29) is 0 Å². The van der Waals surface area contributed by atoms with Crippen molar-refractivity contribution >= 4 is 0 Å². The van der Waals surface area contributed by atoms with Crippen LogP contribution in [0.5, 0.6) is 0 Å². The Labute approximate surface area is 118 Å². The number of aromatic nitrogens is 5. The SMILES string of the molecule is C1=CCC(c2nccn2Cc2nnc3n2CCC3)CC1. The van der Waals surface area contributed by atoms with Crippen LogP contribution in [0, 0.1) is 0 Å². The van der Waals surface area contributed by atoms with Crippen LogP contribution < -0.4 is 0 Å². The maximum atomic E-state index is 4.59. The highest BCUT2D eigenvalue weighted by Crippen LogP contribution is 2.28. The van der Waals surface area contributed by atoms with E-state index in [4.69, 9.17) is 0 Å². The first-order valence-electron chi connectivity index (χ1n) is 7.49. The summed E-state index contributed by atoms with van der Waals surface area (Å²) >= 11 is 0. The van der Waals surface area contributed by atoms with E-state index < -0.39 is 0 Å². The van der Waals surface area contributed by atoms with Crippen LogP contribution in [0.15, 0.2) is 24.5 Å². The van der Waals surface area contributed by atoms with Gasteiger partial charge in [0.05, 0.1) is 6.54 Å². The molecule has 5 heteroatoms. The van der Waals surface area contributed by atoms with Crippen molar-refractivity contribution in [3.8, 4) is 0 Å². The molecule has 0 radical (unpaired) electrons. The van der Waals surface area contributed by atoms with Gasteiger partial charge in [-0.3, -0.25) is 0 Å². The average molecular weight is 269 g/mol. The van der Waals surface area contributed by atoms with E-state index in [1.807, 2.05) is 6.20 Å². The molecule has 3 heterocycles. The van der Waals surface area contributed by atoms with Gasteiger partial charge in [0, 0.05) is 31.3 Å². The summed E-state index contributed by atoms with van der Waals surface area (Å²) in [6, 6.07) is 0. The van der Waals surface area contributed by atoms with E-state index in [9.17, 15) is 0 Å². The first kappa shape index (κ1) is 11.9. The summed E-state index contributed by atoms with van der Waals surface area (Å²) in [4.78, 5) is 4.59. The lowest BCUT2D eigenvalue weighted by atomic mass is 9.94. The average Bonchev–Trinajstić information content (AvgIpc) is 3.18. The minimum Gasteiger partial charge on any atom is -0.327 e. The van der Waals surface area contributed by atoms with Gasteiger partial charge in [0.15, 0.2) is 5.82 Å². The number of nitrogens with zero attached hydrogens (tertiary/aromatic N) is 5. The van der Waals surface area contributed by atoms with E-state index >= 15 is 0 Å². The number of allylic oxidation sites excluding steroid dienone is 2. The highest BCUT2D eigenvalue weighted by molar-refractivity contribution is 5.09. The Kier molecular flexibility index (Phi) is 2.90. The van der Waals surface area contributed by atoms with E-state index in [2.05, 4.69) is 42.7 Å². The number of rotatable bonds is 3. The first-order valence-corrected chi connectivity index (χ1v) is 7.49. The second kappa shape index (κ2) is 4.89. The molecule has 2 aromatic rings. The molecule has 0 bridgehead atoms. The molecule has 20 heavy (non-hydrogen) atoms. The maximum absolute atomic E-state index is 4.59. The fraction of sp³-hybridized carbons (Fsp3) is 0.533. The molecule has 1 unspecified atom stereocenters. The minimum absolute atomic E-state index is 0.552. The maximum Gasteiger partial charge on any atom is 0.153 e. The Morgan fingerprint density at radius 2 is 2.25 bits per heavy atom. The number of aryl methyl sites for hydroxylation is 1. The van der Waals surface area contributed by atoms with Gasteiger partial charge in [-0.15, -0.1) is 10.2 Å². The van der Waals surface area contributed by atoms with Crippen LogP contribution in [0.2, 0.25) is 0 Å². The lowest BCUT2D eigenvalue weighted by Gasteiger charge is -2.18. The van der Waals surface area contributed by atoms with Crippen LogP contribution in [0.3, 0.4) is 0 Å². The third-order valence-corrected chi connectivity index (χ3v) is 4.38. The molecule has 1 aliphatic carbocycles. The molecule has 0 amide bonds. The summed E-state index contributed by atoms with van der Waals surface area (Å²) in [5.74, 6) is 3.96. The Morgan fingerprint density at radius 1 is 1.25 bits per heavy atom. The van der Waals surface area contributed by atoms with Gasteiger partial charge in [0.1, 0.15) is 11.6 Å². The monoisotopic (exact) mass is 269 g/mol. The highest BCUT2D eigenvalue weighted by atomic mass is 15.3. The van der Waals surface area contributed by atoms with Crippen molar-refractivity contribution in [2.45, 2.75) is 51.1 Å². The van der Waals surface area contributed by atoms with E-state index in [0.29, 0.717) is 5.92 Å². The van der Waals surface area contributed by atoms with Crippen molar-refractivity contribution in [3.63, 3.8) is 0 Å². The molecular formula is C15H19N5. The smallest absolute Gasteiger partial charge is 0.153 e. The van der Waals surface area contributed by atoms with Crippen molar-refractivity contribution in [1.29, 1.82) is 0 Å². The first-order chi connectivity index (χ1) is 9.92. The van der Waals surface area contributed by atoms with Crippen molar-refractivity contribution < 1.29 is 0 Å². The number of imidazole rings is 1. The van der Waals surface area contributed by atoms with Crippen molar-refractivity contribution in [3.05, 3.63) is 42.0 Å². The van der Waals surface area contributed by atoms with Crippen LogP contribution in [-0.4, -0.2) is 24.3 Å². The third-order valence-electron chi connectivity index (χ3n) is 4.38. The Bertz CT molecular complexity index is 636. The molecule has 0 aromatic carbocycles. The predicted molar refractivity (Wildman–Crippen MR) is 75.4 cm³/mol. The molecule has 2 aliphatic rings. The summed E-state index contributed by atoms with van der Waals surface area (Å²) in [7, 11) is 0. The summed E-state index contributed by atoms with van der Waals surface area (Å²) in [6.07, 6.45) is 14.3. The molecule has 5 nitrogen and oxygen atoms in total. The van der Waals surface area contributed by atoms with Crippen LogP contribution in [0.4, 0.5) is 0 Å². The highest BCUT2D eigenvalue weighted by Gasteiger charge is 2.21. The Morgan fingerprint density at radius 3 is 3.15 bits per heavy atom. The van der Waals surface area contributed by atoms with Gasteiger partial charge in [-0.05, 0) is 25.7 Å². The zero-order valence-electron chi connectivity index (χ0n) is 11.6. The number of hydrogen-bond donors (Lipinski definition) is 0. The van der Waals surface area contributed by atoms with Crippen molar-refractivity contribution in [1.82, 2.24) is 24.3 Å². The van der Waals surface area contributed by atoms with Crippen LogP contribution >= 0.6 is 0 Å². The number of hydrogen-bond acceptors (Lipinski definition) is 3. The molecule has 1 aliphatic heterocycles. The van der Waals surface area contributed by atoms with Gasteiger partial charge in [0.2, 0.25) is 0 Å². The zero-order valence-corrected chi connectivity index (χ0v) is 11.6. The fourth-order valence-corrected chi connectivity index (χ4v) is 3.32. The second-order valence-corrected chi connectivity index (χ2v) is 5.68. The van der Waals surface area contributed by atoms with Crippen LogP contribution in [0.25, 0.3) is 0 Å². The van der Waals surface area contributed by atoms with E-state index in [1.165, 1.54) is 18.7 Å². The van der Waals surface area contributed by atoms with Gasteiger partial charge < -0.3 is 9.13 Å². The van der Waals surface area contributed by atoms with Crippen LogP contribution in [0.1, 0.15) is 49.1 Å². The topological polar surface area (TPSA) is 48.5 Å². The summed E-state index contributed by atoms with van der Waals surface area (Å²) < 4.78 is 4.52. The number of fused-ring (bicyclic) bond motifs is 1. The minimum atomic E-state index is 0.552. The molecule has 0 N–H and O–H groups in total. The van der Waals surface area contributed by atoms with Crippen LogP contribution in [-0.2, 0) is 19.5 Å². The van der Waals surface area contributed by atoms with Gasteiger partial charge in [-0.25, -0.2) is 4.98 Å². The lowest BCUT2D eigenvalue weighted by Crippen LogP contribution is -2.13. The third kappa shape index (κ3) is 1.97. The summed E-state index contributed by atoms with van der Waals surface area (Å²) in [5, 5.41) is 8.64. The second-order valence-electron chi connectivity index (χ2n) is 5.68. The summed E-state index contributed by atoms with van der Waals surface area (Å²) in [6.45, 7) is 1.86. The quantitative estimate of drug-likeness (QED) is 0.803. The molecule has 4 rings (SSSR count). The standard InChI is InChI=1S/C15H19N5/c1-2-5-12(6-3-1)15-16-8-10-19(15)11-14-18-17-13-7-4-9-20(13)14/h1-2,8,10,12H,3-7,9,11H2. The van der Waals surface area contributed by atoms with Gasteiger partial charge in [0.25, 0.3) is 0 Å². The molecule has 104 valence electrons. The van der Waals surface area contributed by atoms with Crippen molar-refractivity contribution in [2.24, 2.45) is 0 Å². The molecule has 0 spiro atoms. The largest absolute Gasteiger partial charge is 0.327 e. The molecular weight excluding hydrogens is 250 g/mol. The van der Waals surface area contributed by atoms with Crippen molar-refractivity contribution in [2.75, 3.05) is 0 Å². The predicted octanol–water partition coefficient (Wildman–Crippen LogP) is 2.29. The zero-order chi connectivity index (χ0) is 13.4. The summed E-state index contributed by atoms with van der Waals surface area (Å²) in [5.41, 5.74) is 0. The van der Waals surface area contributed by atoms with E-state index in [0.717, 1.165) is 44.0 Å². The molecule has 0 saturated carbocycles. The molecule has 2 aromatic heterocycles. The Balaban J connectivity index is 1.60. The molecule has 0 fully saturated rings. The van der Waals surface area contributed by atoms with Gasteiger partial charge in [-0.2, -0.15) is 0 Å². The van der Waals surface area contributed by atoms with E-state index in [1.54, 1.807) is 0 Å². The molecule has 0 saturated heterocycles. The Hall–Kier alpha value is -1.91. The van der Waals surface area contributed by atoms with Gasteiger partial charge in [-0.1, -0.05) is 12.2 Å².